The van der Waals surface area contributed by atoms with Gasteiger partial charge in [-0.2, -0.15) is 13.2 Å². The third-order valence-electron chi connectivity index (χ3n) is 6.19. The lowest BCUT2D eigenvalue weighted by molar-refractivity contribution is -0.138. The summed E-state index contributed by atoms with van der Waals surface area (Å²) >= 11 is 0. The van der Waals surface area contributed by atoms with E-state index in [1.54, 1.807) is 31.0 Å². The Morgan fingerprint density at radius 2 is 2.00 bits per heavy atom. The Hall–Kier alpha value is -3.49. The maximum Gasteiger partial charge on any atom is 1.00 e. The van der Waals surface area contributed by atoms with E-state index in [0.29, 0.717) is 47.7 Å². The van der Waals surface area contributed by atoms with E-state index in [9.17, 15) is 18.0 Å². The number of pyridine rings is 1. The highest BCUT2D eigenvalue weighted by Gasteiger charge is 2.33. The molecular weight excluding hydrogens is 443 g/mol. The van der Waals surface area contributed by atoms with E-state index in [1.165, 1.54) is 13.0 Å². The number of anilines is 1. The van der Waals surface area contributed by atoms with Crippen molar-refractivity contribution in [1.82, 2.24) is 19.9 Å². The first-order chi connectivity index (χ1) is 16.0. The molecule has 1 aliphatic rings. The van der Waals surface area contributed by atoms with Crippen molar-refractivity contribution in [2.75, 3.05) is 18.4 Å². The topological polar surface area (TPSA) is 71.0 Å². The molecule has 4 rings (SSSR count). The van der Waals surface area contributed by atoms with Gasteiger partial charge in [0, 0.05) is 26.2 Å². The molecule has 1 aromatic carbocycles. The predicted octanol–water partition coefficient (Wildman–Crippen LogP) is 5.58. The molecule has 1 atom stereocenters. The molecule has 0 spiro atoms. The van der Waals surface area contributed by atoms with Crippen LogP contribution >= 0.6 is 0 Å². The fourth-order valence-electron chi connectivity index (χ4n) is 4.34. The fourth-order valence-corrected chi connectivity index (χ4v) is 4.34. The summed E-state index contributed by atoms with van der Waals surface area (Å²) in [6.45, 7) is 7.79. The van der Waals surface area contributed by atoms with Gasteiger partial charge in [0.25, 0.3) is 0 Å². The molecule has 0 bridgehead atoms. The molecule has 1 N–H and O–H groups in total. The van der Waals surface area contributed by atoms with Crippen LogP contribution in [-0.2, 0) is 11.0 Å². The van der Waals surface area contributed by atoms with Crippen LogP contribution in [0.1, 0.15) is 55.8 Å². The second-order valence-electron chi connectivity index (χ2n) is 8.54. The van der Waals surface area contributed by atoms with Crippen LogP contribution in [-0.4, -0.2) is 38.8 Å². The van der Waals surface area contributed by atoms with Crippen LogP contribution in [0.4, 0.5) is 19.0 Å². The Balaban J connectivity index is 0.00000342. The molecule has 0 unspecified atom stereocenters. The fraction of sp³-hybridized carbons (Fsp3) is 0.360. The van der Waals surface area contributed by atoms with E-state index in [1.807, 2.05) is 19.1 Å². The summed E-state index contributed by atoms with van der Waals surface area (Å²) in [5.74, 6) is 1.07. The Morgan fingerprint density at radius 1 is 1.24 bits per heavy atom. The molecule has 178 valence electrons. The van der Waals surface area contributed by atoms with Crippen molar-refractivity contribution in [2.45, 2.75) is 46.3 Å². The summed E-state index contributed by atoms with van der Waals surface area (Å²) in [5.41, 5.74) is 2.59. The Morgan fingerprint density at radius 3 is 2.65 bits per heavy atom. The van der Waals surface area contributed by atoms with E-state index in [4.69, 9.17) is 0 Å². The minimum Gasteiger partial charge on any atom is -0.363 e. The Bertz CT molecular complexity index is 1290. The highest BCUT2D eigenvalue weighted by Crippen LogP contribution is 2.35. The van der Waals surface area contributed by atoms with Gasteiger partial charge in [-0.25, -0.2) is 15.0 Å². The van der Waals surface area contributed by atoms with E-state index >= 15 is 0 Å². The normalized spacial score (nSPS) is 15.3. The number of hydrogen-bond donors (Lipinski definition) is 1. The van der Waals surface area contributed by atoms with Crippen LogP contribution in [0, 0.1) is 13.8 Å². The summed E-state index contributed by atoms with van der Waals surface area (Å²) in [6.07, 6.45) is 0.0727. The number of rotatable bonds is 4. The van der Waals surface area contributed by atoms with Gasteiger partial charge in [-0.15, -0.1) is 0 Å². The number of halogens is 3. The summed E-state index contributed by atoms with van der Waals surface area (Å²) in [7, 11) is 0. The quantitative estimate of drug-likeness (QED) is 0.539. The zero-order valence-electron chi connectivity index (χ0n) is 20.5. The van der Waals surface area contributed by atoms with Gasteiger partial charge < -0.3 is 10.2 Å². The highest BCUT2D eigenvalue weighted by molar-refractivity contribution is 5.89. The molecule has 1 amide bonds. The van der Waals surface area contributed by atoms with Gasteiger partial charge in [0.2, 0.25) is 5.91 Å². The Kier molecular flexibility index (Phi) is 6.29. The molecule has 0 saturated carbocycles. The van der Waals surface area contributed by atoms with E-state index < -0.39 is 17.8 Å². The van der Waals surface area contributed by atoms with Crippen molar-refractivity contribution in [3.63, 3.8) is 0 Å². The zero-order chi connectivity index (χ0) is 24.6. The highest BCUT2D eigenvalue weighted by atomic mass is 19.4. The maximum atomic E-state index is 13.4. The summed E-state index contributed by atoms with van der Waals surface area (Å²) in [5, 5.41) is 3.97. The molecule has 6 nitrogen and oxygen atoms in total. The first-order valence-electron chi connectivity index (χ1n) is 11.1. The lowest BCUT2D eigenvalue weighted by atomic mass is 9.97. The standard InChI is InChI=1S/C25H26F3N5O/c1-14-20(6-5-7-22(14)25(26,27)28)15(2)30-24-21-12-19(13-29-23(21)31-16(3)32-24)18-8-10-33(11-9-18)17(4)34/h5-8,12-13,15H,9-11H2,1-4H3,(H,29,30,31,32)/p+1/t15-/m1/s1. The van der Waals surface area contributed by atoms with Crippen molar-refractivity contribution in [3.8, 4) is 0 Å². The molecule has 34 heavy (non-hydrogen) atoms. The van der Waals surface area contributed by atoms with Crippen LogP contribution in [0.15, 0.2) is 36.5 Å². The van der Waals surface area contributed by atoms with Gasteiger partial charge in [-0.1, -0.05) is 18.2 Å². The molecule has 2 aromatic heterocycles. The van der Waals surface area contributed by atoms with Crippen LogP contribution in [0.2, 0.25) is 0 Å². The molecule has 9 heteroatoms. The lowest BCUT2D eigenvalue weighted by Crippen LogP contribution is -2.32. The average molecular weight is 471 g/mol. The van der Waals surface area contributed by atoms with Gasteiger partial charge in [-0.05, 0) is 61.6 Å². The third-order valence-corrected chi connectivity index (χ3v) is 6.19. The monoisotopic (exact) mass is 470 g/mol. The molecular formula is C25H27F3N5O+. The predicted molar refractivity (Wildman–Crippen MR) is 126 cm³/mol. The molecule has 0 saturated heterocycles. The smallest absolute Gasteiger partial charge is 0.363 e. The van der Waals surface area contributed by atoms with E-state index in [2.05, 4.69) is 20.3 Å². The van der Waals surface area contributed by atoms with Crippen LogP contribution in [0.3, 0.4) is 0 Å². The van der Waals surface area contributed by atoms with Crippen molar-refractivity contribution in [1.29, 1.82) is 0 Å². The van der Waals surface area contributed by atoms with Crippen molar-refractivity contribution in [3.05, 3.63) is 64.6 Å². The number of nitrogens with zero attached hydrogens (tertiary/aromatic N) is 4. The summed E-state index contributed by atoms with van der Waals surface area (Å²) in [4.78, 5) is 26.8. The van der Waals surface area contributed by atoms with Gasteiger partial charge in [0.15, 0.2) is 5.65 Å². The maximum absolute atomic E-state index is 13.4. The number of hydrogen-bond acceptors (Lipinski definition) is 5. The number of carbonyl (C=O) groups is 1. The van der Waals surface area contributed by atoms with E-state index in [0.717, 1.165) is 17.2 Å². The second kappa shape index (κ2) is 9.04. The van der Waals surface area contributed by atoms with Gasteiger partial charge >= 0.3 is 7.60 Å². The minimum atomic E-state index is -4.41. The molecule has 1 aliphatic heterocycles. The number of carbonyl (C=O) groups excluding carboxylic acids is 1. The molecule has 0 radical (unpaired) electrons. The largest absolute Gasteiger partial charge is 1.00 e. The first-order valence-corrected chi connectivity index (χ1v) is 11.1. The van der Waals surface area contributed by atoms with Crippen molar-refractivity contribution >= 4 is 28.3 Å². The van der Waals surface area contributed by atoms with Gasteiger partial charge in [-0.3, -0.25) is 4.79 Å². The number of fused-ring (bicyclic) bond motifs is 1. The average Bonchev–Trinajstić information content (AvgIpc) is 2.78. The zero-order valence-corrected chi connectivity index (χ0v) is 19.5. The van der Waals surface area contributed by atoms with Crippen LogP contribution in [0.5, 0.6) is 0 Å². The molecule has 0 fully saturated rings. The first kappa shape index (κ1) is 23.7. The van der Waals surface area contributed by atoms with Gasteiger partial charge in [0.05, 0.1) is 17.0 Å². The lowest BCUT2D eigenvalue weighted by Gasteiger charge is -2.25. The minimum absolute atomic E-state index is 0. The number of aryl methyl sites for hydroxylation is 1. The van der Waals surface area contributed by atoms with E-state index in [-0.39, 0.29) is 12.9 Å². The van der Waals surface area contributed by atoms with Gasteiger partial charge in [0.1, 0.15) is 11.6 Å². The number of benzene rings is 1. The number of amides is 1. The van der Waals surface area contributed by atoms with Crippen molar-refractivity contribution < 1.29 is 19.4 Å². The second-order valence-corrected chi connectivity index (χ2v) is 8.54. The number of aromatic nitrogens is 3. The Labute approximate surface area is 197 Å². The number of nitrogens with one attached hydrogen (secondary N) is 1. The summed E-state index contributed by atoms with van der Waals surface area (Å²) < 4.78 is 40.2. The number of alkyl halides is 3. The van der Waals surface area contributed by atoms with Crippen LogP contribution in [0.25, 0.3) is 16.6 Å². The molecule has 3 aromatic rings. The van der Waals surface area contributed by atoms with Crippen molar-refractivity contribution in [2.24, 2.45) is 0 Å². The SMILES string of the molecule is CC(=O)N1CC=C(c2cnc3nc(C)nc(N[C@H](C)c4cccc(C(F)(F)F)c4C)c3c2)CC1.[H+]. The molecule has 3 heterocycles. The summed E-state index contributed by atoms with van der Waals surface area (Å²) in [6, 6.07) is 5.73. The van der Waals surface area contributed by atoms with Crippen LogP contribution < -0.4 is 5.32 Å². The molecule has 0 aliphatic carbocycles. The third kappa shape index (κ3) is 4.73.